The van der Waals surface area contributed by atoms with Crippen LogP contribution in [0.2, 0.25) is 0 Å². The highest BCUT2D eigenvalue weighted by molar-refractivity contribution is 6.14. The van der Waals surface area contributed by atoms with Gasteiger partial charge in [0.05, 0.1) is 6.54 Å². The highest BCUT2D eigenvalue weighted by atomic mass is 16.5. The van der Waals surface area contributed by atoms with E-state index in [1.165, 1.54) is 4.90 Å². The Kier molecular flexibility index (Phi) is 3.17. The minimum Gasteiger partial charge on any atom is -0.483 e. The Hall–Kier alpha value is -2.43. The van der Waals surface area contributed by atoms with E-state index in [0.29, 0.717) is 24.2 Å². The third-order valence-corrected chi connectivity index (χ3v) is 4.99. The fourth-order valence-electron chi connectivity index (χ4n) is 3.90. The zero-order valence-electron chi connectivity index (χ0n) is 13.7. The number of hydrogen-bond donors (Lipinski definition) is 0. The highest BCUT2D eigenvalue weighted by Crippen LogP contribution is 2.48. The Morgan fingerprint density at radius 1 is 1.08 bits per heavy atom. The molecule has 0 aromatic heterocycles. The van der Waals surface area contributed by atoms with Crippen LogP contribution in [0.4, 0.5) is 0 Å². The number of carbonyl (C=O) groups excluding carboxylic acids is 3. The van der Waals surface area contributed by atoms with E-state index < -0.39 is 12.0 Å². The van der Waals surface area contributed by atoms with E-state index >= 15 is 0 Å². The molecule has 1 saturated heterocycles. The van der Waals surface area contributed by atoms with Crippen LogP contribution in [0.5, 0.6) is 0 Å². The van der Waals surface area contributed by atoms with Gasteiger partial charge in [-0.15, -0.1) is 0 Å². The highest BCUT2D eigenvalue weighted by Gasteiger charge is 2.58. The lowest BCUT2D eigenvalue weighted by atomic mass is 9.74. The van der Waals surface area contributed by atoms with Crippen LogP contribution in [-0.4, -0.2) is 28.6 Å². The van der Waals surface area contributed by atoms with Crippen molar-refractivity contribution in [2.24, 2.45) is 11.3 Å². The van der Waals surface area contributed by atoms with Gasteiger partial charge in [0.25, 0.3) is 5.91 Å². The van der Waals surface area contributed by atoms with Crippen LogP contribution in [0.15, 0.2) is 41.7 Å². The van der Waals surface area contributed by atoms with Crippen molar-refractivity contribution < 1.29 is 19.1 Å². The third kappa shape index (κ3) is 2.19. The fourth-order valence-corrected chi connectivity index (χ4v) is 3.90. The molecule has 2 aliphatic heterocycles. The van der Waals surface area contributed by atoms with Crippen LogP contribution in [0.1, 0.15) is 32.3 Å². The van der Waals surface area contributed by atoms with E-state index in [4.69, 9.17) is 4.74 Å². The summed E-state index contributed by atoms with van der Waals surface area (Å²) >= 11 is 0. The van der Waals surface area contributed by atoms with Gasteiger partial charge in [-0.2, -0.15) is 0 Å². The number of Topliss-reactive ketones (excluding diaryl/α,β-unsaturated/α-hetero) is 1. The third-order valence-electron chi connectivity index (χ3n) is 4.99. The number of carbonyl (C=O) groups is 3. The number of likely N-dealkylation sites (tertiary alicyclic amines) is 1. The number of amides is 2. The maximum Gasteiger partial charge on any atom is 0.271 e. The van der Waals surface area contributed by atoms with E-state index in [1.807, 2.05) is 44.2 Å². The number of rotatable bonds is 2. The van der Waals surface area contributed by atoms with E-state index in [0.717, 1.165) is 5.56 Å². The van der Waals surface area contributed by atoms with Gasteiger partial charge in [-0.1, -0.05) is 44.2 Å². The summed E-state index contributed by atoms with van der Waals surface area (Å²) in [6.45, 7) is 4.21. The molecule has 4 rings (SSSR count). The molecule has 0 radical (unpaired) electrons. The summed E-state index contributed by atoms with van der Waals surface area (Å²) in [5, 5.41) is 0. The minimum atomic E-state index is -0.857. The maximum atomic E-state index is 12.8. The number of benzene rings is 1. The number of ether oxygens (including phenoxy) is 1. The molecule has 0 spiro atoms. The molecule has 1 aromatic rings. The van der Waals surface area contributed by atoms with Crippen LogP contribution in [-0.2, 0) is 25.7 Å². The Morgan fingerprint density at radius 2 is 1.79 bits per heavy atom. The van der Waals surface area contributed by atoms with Crippen LogP contribution < -0.4 is 0 Å². The van der Waals surface area contributed by atoms with Gasteiger partial charge in [0.2, 0.25) is 5.91 Å². The standard InChI is InChI=1S/C19H19NO4/c1-19(2)8-12(21)14-13(9-19)24-16-15(14)17(22)20(18(16)23)10-11-6-4-3-5-7-11/h3-7,15-16H,8-10H2,1-2H3/t15-,16+/m1/s1. The lowest BCUT2D eigenvalue weighted by molar-refractivity contribution is -0.142. The molecule has 2 atom stereocenters. The Morgan fingerprint density at radius 3 is 2.50 bits per heavy atom. The van der Waals surface area contributed by atoms with Crippen LogP contribution >= 0.6 is 0 Å². The Balaban J connectivity index is 1.64. The van der Waals surface area contributed by atoms with Gasteiger partial charge in [-0.05, 0) is 11.0 Å². The average molecular weight is 325 g/mol. The summed E-state index contributed by atoms with van der Waals surface area (Å²) < 4.78 is 5.79. The molecule has 0 bridgehead atoms. The second-order valence-electron chi connectivity index (χ2n) is 7.54. The topological polar surface area (TPSA) is 63.7 Å². The van der Waals surface area contributed by atoms with Crippen molar-refractivity contribution >= 4 is 17.6 Å². The monoisotopic (exact) mass is 325 g/mol. The normalized spacial score (nSPS) is 28.1. The van der Waals surface area contributed by atoms with Crippen molar-refractivity contribution in [2.45, 2.75) is 39.3 Å². The summed E-state index contributed by atoms with van der Waals surface area (Å²) in [7, 11) is 0. The van der Waals surface area contributed by atoms with E-state index in [9.17, 15) is 14.4 Å². The quantitative estimate of drug-likeness (QED) is 0.782. The first-order valence-corrected chi connectivity index (χ1v) is 8.19. The molecule has 2 amide bonds. The summed E-state index contributed by atoms with van der Waals surface area (Å²) in [6, 6.07) is 9.35. The number of nitrogens with zero attached hydrogens (tertiary/aromatic N) is 1. The maximum absolute atomic E-state index is 12.8. The molecule has 5 nitrogen and oxygen atoms in total. The first-order valence-electron chi connectivity index (χ1n) is 8.19. The molecule has 1 aliphatic carbocycles. The molecule has 5 heteroatoms. The molecule has 0 N–H and O–H groups in total. The smallest absolute Gasteiger partial charge is 0.271 e. The van der Waals surface area contributed by atoms with Crippen LogP contribution in [0.3, 0.4) is 0 Å². The second kappa shape index (κ2) is 5.03. The van der Waals surface area contributed by atoms with Gasteiger partial charge in [-0.3, -0.25) is 19.3 Å². The van der Waals surface area contributed by atoms with E-state index in [-0.39, 0.29) is 29.6 Å². The molecule has 24 heavy (non-hydrogen) atoms. The lowest BCUT2D eigenvalue weighted by Crippen LogP contribution is -2.34. The van der Waals surface area contributed by atoms with Crippen LogP contribution in [0.25, 0.3) is 0 Å². The lowest BCUT2D eigenvalue weighted by Gasteiger charge is -2.29. The van der Waals surface area contributed by atoms with Gasteiger partial charge < -0.3 is 4.74 Å². The fraction of sp³-hybridized carbons (Fsp3) is 0.421. The van der Waals surface area contributed by atoms with Gasteiger partial charge in [-0.25, -0.2) is 0 Å². The van der Waals surface area contributed by atoms with Crippen LogP contribution in [0, 0.1) is 11.3 Å². The van der Waals surface area contributed by atoms with Gasteiger partial charge in [0, 0.05) is 18.4 Å². The molecule has 2 heterocycles. The number of fused-ring (bicyclic) bond motifs is 2. The van der Waals surface area contributed by atoms with E-state index in [2.05, 4.69) is 0 Å². The summed E-state index contributed by atoms with van der Waals surface area (Å²) in [5.74, 6) is -0.913. The van der Waals surface area contributed by atoms with Crippen molar-refractivity contribution in [3.05, 3.63) is 47.2 Å². The van der Waals surface area contributed by atoms with Crippen molar-refractivity contribution in [3.63, 3.8) is 0 Å². The largest absolute Gasteiger partial charge is 0.483 e. The molecule has 3 aliphatic rings. The molecule has 0 saturated carbocycles. The first-order chi connectivity index (χ1) is 11.4. The molecule has 0 unspecified atom stereocenters. The number of allylic oxidation sites excluding steroid dienone is 1. The number of hydrogen-bond acceptors (Lipinski definition) is 4. The predicted molar refractivity (Wildman–Crippen MR) is 85.4 cm³/mol. The van der Waals surface area contributed by atoms with E-state index in [1.54, 1.807) is 0 Å². The molecular weight excluding hydrogens is 306 g/mol. The number of imide groups is 1. The summed E-state index contributed by atoms with van der Waals surface area (Å²) in [4.78, 5) is 39.2. The summed E-state index contributed by atoms with van der Waals surface area (Å²) in [5.41, 5.74) is 1.13. The van der Waals surface area contributed by atoms with Gasteiger partial charge in [0.15, 0.2) is 11.9 Å². The SMILES string of the molecule is CC1(C)CC(=O)C2=C(C1)O[C@@H]1C(=O)N(Cc3ccccc3)C(=O)[C@H]21. The molecule has 1 fully saturated rings. The Bertz CT molecular complexity index is 778. The Labute approximate surface area is 140 Å². The van der Waals surface area contributed by atoms with Gasteiger partial charge >= 0.3 is 0 Å². The van der Waals surface area contributed by atoms with Crippen molar-refractivity contribution in [1.29, 1.82) is 0 Å². The number of ketones is 1. The van der Waals surface area contributed by atoms with Crippen molar-refractivity contribution in [3.8, 4) is 0 Å². The second-order valence-corrected chi connectivity index (χ2v) is 7.54. The molecule has 124 valence electrons. The molecule has 1 aromatic carbocycles. The summed E-state index contributed by atoms with van der Waals surface area (Å²) in [6.07, 6.45) is 0.128. The van der Waals surface area contributed by atoms with Crippen molar-refractivity contribution in [1.82, 2.24) is 4.90 Å². The molecular formula is C19H19NO4. The predicted octanol–water partition coefficient (Wildman–Crippen LogP) is 2.21. The zero-order valence-corrected chi connectivity index (χ0v) is 13.7. The first kappa shape index (κ1) is 15.1. The van der Waals surface area contributed by atoms with Gasteiger partial charge in [0.1, 0.15) is 11.7 Å². The minimum absolute atomic E-state index is 0.0588. The van der Waals surface area contributed by atoms with Crippen molar-refractivity contribution in [2.75, 3.05) is 0 Å². The average Bonchev–Trinajstić information content (AvgIpc) is 2.99. The zero-order chi connectivity index (χ0) is 17.1.